The smallest absolute Gasteiger partial charge is 0.408 e. The van der Waals surface area contributed by atoms with Crippen molar-refractivity contribution in [3.8, 4) is 0 Å². The summed E-state index contributed by atoms with van der Waals surface area (Å²) in [6.07, 6.45) is -7.54. The number of amidine groups is 1. The Labute approximate surface area is 174 Å². The Hall–Kier alpha value is -2.29. The Kier molecular flexibility index (Phi) is 7.74. The molecule has 1 amide bonds. The van der Waals surface area contributed by atoms with Crippen LogP contribution in [-0.4, -0.2) is 53.5 Å². The van der Waals surface area contributed by atoms with Crippen molar-refractivity contribution in [1.29, 1.82) is 0 Å². The lowest BCUT2D eigenvalue weighted by Crippen LogP contribution is -2.53. The minimum atomic E-state index is -4.46. The van der Waals surface area contributed by atoms with E-state index in [1.165, 1.54) is 0 Å². The van der Waals surface area contributed by atoms with Crippen molar-refractivity contribution in [2.75, 3.05) is 6.54 Å². The van der Waals surface area contributed by atoms with Crippen LogP contribution in [0.5, 0.6) is 0 Å². The van der Waals surface area contributed by atoms with Gasteiger partial charge in [0.25, 0.3) is 0 Å². The van der Waals surface area contributed by atoms with E-state index < -0.39 is 36.4 Å². The first-order valence-corrected chi connectivity index (χ1v) is 9.95. The van der Waals surface area contributed by atoms with Gasteiger partial charge in [0.05, 0.1) is 24.6 Å². The number of nitrogens with one attached hydrogen (secondary N) is 2. The Bertz CT molecular complexity index is 732. The maximum Gasteiger partial charge on any atom is 0.408 e. The number of carbonyl (C=O) groups is 1. The average molecular weight is 429 g/mol. The number of alkyl halides is 3. The second kappa shape index (κ2) is 9.68. The van der Waals surface area contributed by atoms with Crippen molar-refractivity contribution in [2.24, 2.45) is 4.99 Å². The third-order valence-corrected chi connectivity index (χ3v) is 4.65. The van der Waals surface area contributed by atoms with E-state index in [0.29, 0.717) is 12.3 Å². The van der Waals surface area contributed by atoms with Crippen LogP contribution >= 0.6 is 0 Å². The zero-order valence-corrected chi connectivity index (χ0v) is 17.7. The number of ether oxygens (including phenoxy) is 1. The van der Waals surface area contributed by atoms with Crippen LogP contribution in [0.4, 0.5) is 18.0 Å². The highest BCUT2D eigenvalue weighted by atomic mass is 19.4. The Morgan fingerprint density at radius 2 is 1.90 bits per heavy atom. The molecule has 0 aliphatic carbocycles. The number of benzene rings is 1. The first kappa shape index (κ1) is 24.0. The molecule has 1 aliphatic rings. The highest BCUT2D eigenvalue weighted by molar-refractivity contribution is 5.91. The van der Waals surface area contributed by atoms with Crippen molar-refractivity contribution in [3.05, 3.63) is 35.9 Å². The molecule has 168 valence electrons. The van der Waals surface area contributed by atoms with Crippen LogP contribution in [0.1, 0.15) is 52.0 Å². The van der Waals surface area contributed by atoms with Crippen LogP contribution in [-0.2, 0) is 4.74 Å². The Morgan fingerprint density at radius 1 is 1.27 bits per heavy atom. The van der Waals surface area contributed by atoms with E-state index in [9.17, 15) is 23.1 Å². The number of aliphatic hydroxyl groups is 1. The molecule has 1 heterocycles. The molecule has 1 aromatic rings. The van der Waals surface area contributed by atoms with Crippen molar-refractivity contribution < 1.29 is 27.8 Å². The summed E-state index contributed by atoms with van der Waals surface area (Å²) < 4.78 is 42.8. The van der Waals surface area contributed by atoms with Crippen LogP contribution in [0, 0.1) is 0 Å². The number of amides is 1. The normalized spacial score (nSPS) is 23.3. The lowest BCUT2D eigenvalue weighted by Gasteiger charge is -2.35. The van der Waals surface area contributed by atoms with Crippen LogP contribution in [0.15, 0.2) is 35.3 Å². The van der Waals surface area contributed by atoms with Crippen LogP contribution in [0.3, 0.4) is 0 Å². The summed E-state index contributed by atoms with van der Waals surface area (Å²) in [5.41, 5.74) is 0.360. The molecule has 2 rings (SSSR count). The van der Waals surface area contributed by atoms with Crippen molar-refractivity contribution in [2.45, 2.75) is 76.4 Å². The van der Waals surface area contributed by atoms with Gasteiger partial charge >= 0.3 is 12.3 Å². The second-order valence-electron chi connectivity index (χ2n) is 8.56. The van der Waals surface area contributed by atoms with Gasteiger partial charge in [0, 0.05) is 12.5 Å². The van der Waals surface area contributed by atoms with Crippen molar-refractivity contribution in [1.82, 2.24) is 10.6 Å². The fourth-order valence-corrected chi connectivity index (χ4v) is 3.38. The van der Waals surface area contributed by atoms with E-state index in [1.807, 2.05) is 37.3 Å². The summed E-state index contributed by atoms with van der Waals surface area (Å²) in [6, 6.07) is 8.96. The molecule has 0 bridgehead atoms. The molecule has 0 aromatic heterocycles. The number of hydrogen-bond donors (Lipinski definition) is 3. The van der Waals surface area contributed by atoms with Gasteiger partial charge in [-0.15, -0.1) is 0 Å². The number of hydrogen-bond acceptors (Lipinski definition) is 5. The predicted molar refractivity (Wildman–Crippen MR) is 109 cm³/mol. The first-order chi connectivity index (χ1) is 13.8. The topological polar surface area (TPSA) is 83.0 Å². The number of carbonyl (C=O) groups excluding carboxylic acids is 1. The van der Waals surface area contributed by atoms with Gasteiger partial charge in [-0.3, -0.25) is 4.99 Å². The predicted octanol–water partition coefficient (Wildman–Crippen LogP) is 3.76. The summed E-state index contributed by atoms with van der Waals surface area (Å²) in [7, 11) is 0. The molecule has 9 heteroatoms. The molecule has 0 spiro atoms. The molecule has 0 radical (unpaired) electrons. The molecule has 1 unspecified atom stereocenters. The molecular formula is C21H30F3N3O3. The zero-order valence-electron chi connectivity index (χ0n) is 17.7. The number of aliphatic imine (C=N–C) groups is 1. The monoisotopic (exact) mass is 429 g/mol. The molecule has 6 nitrogen and oxygen atoms in total. The van der Waals surface area contributed by atoms with Gasteiger partial charge in [-0.05, 0) is 39.7 Å². The van der Waals surface area contributed by atoms with E-state index >= 15 is 0 Å². The van der Waals surface area contributed by atoms with Crippen LogP contribution in [0.2, 0.25) is 0 Å². The van der Waals surface area contributed by atoms with Gasteiger partial charge in [-0.1, -0.05) is 30.3 Å². The maximum atomic E-state index is 12.5. The molecule has 0 saturated carbocycles. The molecule has 4 atom stereocenters. The van der Waals surface area contributed by atoms with Gasteiger partial charge in [-0.25, -0.2) is 4.79 Å². The van der Waals surface area contributed by atoms with Crippen molar-refractivity contribution in [3.63, 3.8) is 0 Å². The molecule has 1 aliphatic heterocycles. The molecule has 0 fully saturated rings. The Morgan fingerprint density at radius 3 is 2.47 bits per heavy atom. The fraction of sp³-hybridized carbons (Fsp3) is 0.619. The zero-order chi connectivity index (χ0) is 22.5. The van der Waals surface area contributed by atoms with E-state index in [-0.39, 0.29) is 18.5 Å². The SMILES string of the molecule is C[C@H]1N=C(NCC(O)CC(F)(F)F)[C@@H](NC(=O)OC(C)(C)C)C[C@H]1c1ccccc1. The molecular weight excluding hydrogens is 399 g/mol. The lowest BCUT2D eigenvalue weighted by atomic mass is 9.84. The molecule has 3 N–H and O–H groups in total. The summed E-state index contributed by atoms with van der Waals surface area (Å²) in [4.78, 5) is 16.9. The van der Waals surface area contributed by atoms with E-state index in [2.05, 4.69) is 15.6 Å². The summed E-state index contributed by atoms with van der Waals surface area (Å²) in [6.45, 7) is 6.80. The van der Waals surface area contributed by atoms with Gasteiger partial charge in [-0.2, -0.15) is 13.2 Å². The fourth-order valence-electron chi connectivity index (χ4n) is 3.38. The number of rotatable bonds is 5. The van der Waals surface area contributed by atoms with Gasteiger partial charge in [0.2, 0.25) is 0 Å². The van der Waals surface area contributed by atoms with E-state index in [4.69, 9.17) is 4.74 Å². The molecule has 1 aromatic carbocycles. The number of aliphatic hydroxyl groups excluding tert-OH is 1. The number of nitrogens with zero attached hydrogens (tertiary/aromatic N) is 1. The van der Waals surface area contributed by atoms with Gasteiger partial charge in [0.15, 0.2) is 0 Å². The summed E-state index contributed by atoms with van der Waals surface area (Å²) >= 11 is 0. The van der Waals surface area contributed by atoms with Crippen LogP contribution < -0.4 is 10.6 Å². The maximum absolute atomic E-state index is 12.5. The van der Waals surface area contributed by atoms with Crippen LogP contribution in [0.25, 0.3) is 0 Å². The minimum absolute atomic E-state index is 0.0109. The third kappa shape index (κ3) is 7.85. The standard InChI is InChI=1S/C21H30F3N3O3/c1-13-16(14-8-6-5-7-9-14)10-17(27-19(29)30-20(2,3)4)18(26-13)25-12-15(28)11-21(22,23)24/h5-9,13,15-17,28H,10-12H2,1-4H3,(H,25,26)(H,27,29)/t13-,15?,16-,17+/m1/s1. The average Bonchev–Trinajstić information content (AvgIpc) is 2.59. The molecule has 0 saturated heterocycles. The Balaban J connectivity index is 2.16. The largest absolute Gasteiger partial charge is 0.444 e. The summed E-state index contributed by atoms with van der Waals surface area (Å²) in [5, 5.41) is 15.2. The third-order valence-electron chi connectivity index (χ3n) is 4.65. The summed E-state index contributed by atoms with van der Waals surface area (Å²) in [5.74, 6) is 0.346. The minimum Gasteiger partial charge on any atom is -0.444 e. The van der Waals surface area contributed by atoms with Crippen molar-refractivity contribution >= 4 is 11.9 Å². The van der Waals surface area contributed by atoms with Gasteiger partial charge in [0.1, 0.15) is 11.4 Å². The highest BCUT2D eigenvalue weighted by Crippen LogP contribution is 2.31. The lowest BCUT2D eigenvalue weighted by molar-refractivity contribution is -0.152. The number of halogens is 3. The van der Waals surface area contributed by atoms with E-state index in [1.54, 1.807) is 20.8 Å². The quantitative estimate of drug-likeness (QED) is 0.666. The van der Waals surface area contributed by atoms with E-state index in [0.717, 1.165) is 5.56 Å². The number of alkyl carbamates (subject to hydrolysis) is 1. The second-order valence-corrected chi connectivity index (χ2v) is 8.56. The van der Waals surface area contributed by atoms with Gasteiger partial charge < -0.3 is 20.5 Å². The highest BCUT2D eigenvalue weighted by Gasteiger charge is 2.35. The first-order valence-electron chi connectivity index (χ1n) is 9.95. The molecule has 30 heavy (non-hydrogen) atoms.